The molecule has 0 rings (SSSR count). The van der Waals surface area contributed by atoms with Gasteiger partial charge >= 0.3 is 18.9 Å². The molecule has 0 heterocycles. The van der Waals surface area contributed by atoms with Crippen molar-refractivity contribution in [2.75, 3.05) is 0 Å². The van der Waals surface area contributed by atoms with Gasteiger partial charge in [-0.15, -0.1) is 0 Å². The molecule has 8 heteroatoms. The van der Waals surface area contributed by atoms with Crippen LogP contribution in [0.3, 0.4) is 0 Å². The zero-order valence-electron chi connectivity index (χ0n) is 4.01. The summed E-state index contributed by atoms with van der Waals surface area (Å²) in [5, 5.41) is 0. The molecule has 0 saturated heterocycles. The summed E-state index contributed by atoms with van der Waals surface area (Å²) in [7, 11) is 0. The third-order valence-electron chi connectivity index (χ3n) is 0. The Kier molecular flexibility index (Phi) is 23.2. The Hall–Kier alpha value is 1.09. The average Bonchev–Trinajstić information content (AvgIpc) is 0.722. The van der Waals surface area contributed by atoms with E-state index in [1.54, 1.807) is 0 Å². The van der Waals surface area contributed by atoms with E-state index in [0.29, 0.717) is 0 Å². The summed E-state index contributed by atoms with van der Waals surface area (Å²) in [5.41, 5.74) is 0. The maximum absolute atomic E-state index is 8.62. The molecule has 8 heavy (non-hydrogen) atoms. The van der Waals surface area contributed by atoms with Crippen LogP contribution in [0, 0.1) is 0 Å². The Labute approximate surface area is 63.7 Å². The first-order chi connectivity index (χ1) is 2.00. The molecule has 0 amide bonds. The van der Waals surface area contributed by atoms with Crippen molar-refractivity contribution in [3.05, 3.63) is 0 Å². The van der Waals surface area contributed by atoms with E-state index >= 15 is 0 Å². The standard InChI is InChI=1S/IO4.Li.2H2O/c2-1(3,4)5;;;/h;;2*1H2/q-1;+1;;. The van der Waals surface area contributed by atoms with Crippen molar-refractivity contribution in [3.8, 4) is 0 Å². The van der Waals surface area contributed by atoms with Gasteiger partial charge < -0.3 is 11.0 Å². The van der Waals surface area contributed by atoms with Crippen LogP contribution >= 0.6 is 0 Å². The van der Waals surface area contributed by atoms with Gasteiger partial charge in [0.05, 0.1) is 0 Å². The fraction of sp³-hybridized carbons (Fsp3) is 0. The molecule has 0 saturated carbocycles. The predicted octanol–water partition coefficient (Wildman–Crippen LogP) is -12.4. The minimum absolute atomic E-state index is 0. The molecule has 0 fully saturated rings. The molecule has 0 aliphatic carbocycles. The molecule has 4 N–H and O–H groups in total. The van der Waals surface area contributed by atoms with E-state index in [0.717, 1.165) is 0 Å². The average molecular weight is 234 g/mol. The Morgan fingerprint density at radius 2 is 0.750 bits per heavy atom. The Morgan fingerprint density at radius 3 is 0.750 bits per heavy atom. The summed E-state index contributed by atoms with van der Waals surface area (Å²) < 4.78 is 34.5. The molecular formula is H4ILiO6. The third kappa shape index (κ3) is 222. The molecule has 0 aromatic rings. The van der Waals surface area contributed by atoms with Crippen LogP contribution in [0.5, 0.6) is 0 Å². The zero-order valence-corrected chi connectivity index (χ0v) is 6.17. The van der Waals surface area contributed by atoms with E-state index in [1.807, 2.05) is 0 Å². The normalized spacial score (nSPS) is 7.50. The van der Waals surface area contributed by atoms with Gasteiger partial charge in [-0.05, 0) is 0 Å². The third-order valence-corrected chi connectivity index (χ3v) is 0. The van der Waals surface area contributed by atoms with E-state index in [9.17, 15) is 0 Å². The first-order valence-corrected chi connectivity index (χ1v) is 4.14. The van der Waals surface area contributed by atoms with Gasteiger partial charge in [-0.2, -0.15) is 0 Å². The monoisotopic (exact) mass is 234 g/mol. The number of hydrogen-bond donors (Lipinski definition) is 0. The zero-order chi connectivity index (χ0) is 4.50. The van der Waals surface area contributed by atoms with E-state index in [1.165, 1.54) is 0 Å². The maximum atomic E-state index is 8.62. The Bertz CT molecular complexity index is 24.0. The van der Waals surface area contributed by atoms with Gasteiger partial charge in [0.2, 0.25) is 0 Å². The van der Waals surface area contributed by atoms with Gasteiger partial charge in [-0.3, -0.25) is 13.7 Å². The number of hydrogen-bond acceptors (Lipinski definition) is 4. The van der Waals surface area contributed by atoms with Crippen LogP contribution in [0.2, 0.25) is 0 Å². The molecule has 48 valence electrons. The van der Waals surface area contributed by atoms with E-state index in [-0.39, 0.29) is 29.8 Å². The van der Waals surface area contributed by atoms with Gasteiger partial charge in [0.1, 0.15) is 20.1 Å². The largest absolute Gasteiger partial charge is 1.00 e. The smallest absolute Gasteiger partial charge is 0.412 e. The van der Waals surface area contributed by atoms with E-state index in [2.05, 4.69) is 0 Å². The van der Waals surface area contributed by atoms with Crippen molar-refractivity contribution in [2.45, 2.75) is 0 Å². The van der Waals surface area contributed by atoms with Gasteiger partial charge in [0, 0.05) is 0 Å². The van der Waals surface area contributed by atoms with Crippen molar-refractivity contribution in [3.63, 3.8) is 0 Å². The summed E-state index contributed by atoms with van der Waals surface area (Å²) in [4.78, 5) is 0. The molecular weight excluding hydrogens is 230 g/mol. The van der Waals surface area contributed by atoms with Crippen molar-refractivity contribution in [1.29, 1.82) is 0 Å². The molecule has 0 atom stereocenters. The van der Waals surface area contributed by atoms with Crippen LogP contribution in [-0.2, 0) is 0 Å². The summed E-state index contributed by atoms with van der Waals surface area (Å²) >= 11 is -5.94. The molecule has 0 spiro atoms. The molecule has 0 aliphatic heterocycles. The summed E-state index contributed by atoms with van der Waals surface area (Å²) in [6.07, 6.45) is 0. The fourth-order valence-electron chi connectivity index (χ4n) is 0. The van der Waals surface area contributed by atoms with E-state index in [4.69, 9.17) is 13.7 Å². The molecule has 0 aromatic carbocycles. The maximum Gasteiger partial charge on any atom is 1.00 e. The number of rotatable bonds is 0. The summed E-state index contributed by atoms with van der Waals surface area (Å²) in [5.74, 6) is 0. The van der Waals surface area contributed by atoms with Crippen molar-refractivity contribution in [2.24, 2.45) is 0 Å². The minimum atomic E-state index is -5.94. The first-order valence-electron chi connectivity index (χ1n) is 0.617. The first kappa shape index (κ1) is 23.0. The Morgan fingerprint density at radius 1 is 0.750 bits per heavy atom. The molecule has 0 unspecified atom stereocenters. The quantitative estimate of drug-likeness (QED) is 0.301. The van der Waals surface area contributed by atoms with Crippen LogP contribution in [0.15, 0.2) is 0 Å². The van der Waals surface area contributed by atoms with Crippen LogP contribution < -0.4 is 52.7 Å². The van der Waals surface area contributed by atoms with Gasteiger partial charge in [-0.25, -0.2) is 0 Å². The summed E-state index contributed by atoms with van der Waals surface area (Å²) in [6, 6.07) is 0. The molecule has 0 aliphatic rings. The van der Waals surface area contributed by atoms with Crippen LogP contribution in [-0.4, -0.2) is 11.0 Å². The second-order valence-corrected chi connectivity index (χ2v) is 2.54. The predicted molar refractivity (Wildman–Crippen MR) is 7.23 cm³/mol. The topological polar surface area (TPSA) is 155 Å². The van der Waals surface area contributed by atoms with Crippen molar-refractivity contribution in [1.82, 2.24) is 0 Å². The second-order valence-electron chi connectivity index (χ2n) is 0.378. The van der Waals surface area contributed by atoms with Crippen LogP contribution in [0.4, 0.5) is 0 Å². The van der Waals surface area contributed by atoms with Crippen molar-refractivity contribution < 1.29 is 63.7 Å². The van der Waals surface area contributed by atoms with Gasteiger partial charge in [0.25, 0.3) is 0 Å². The number of halogens is 1. The minimum Gasteiger partial charge on any atom is -0.412 e. The molecule has 0 aromatic heterocycles. The fourth-order valence-corrected chi connectivity index (χ4v) is 0. The van der Waals surface area contributed by atoms with Crippen molar-refractivity contribution >= 4 is 0 Å². The Balaban J connectivity index is -0.0000000267. The van der Waals surface area contributed by atoms with Gasteiger partial charge in [-0.1, -0.05) is 0 Å². The molecule has 0 bridgehead atoms. The second kappa shape index (κ2) is 8.09. The van der Waals surface area contributed by atoms with Crippen LogP contribution in [0.25, 0.3) is 0 Å². The molecule has 6 nitrogen and oxygen atoms in total. The van der Waals surface area contributed by atoms with E-state index < -0.39 is 20.1 Å². The van der Waals surface area contributed by atoms with Gasteiger partial charge in [0.15, 0.2) is 0 Å². The van der Waals surface area contributed by atoms with Crippen LogP contribution in [0.1, 0.15) is 0 Å². The molecule has 0 radical (unpaired) electrons. The SMILES string of the molecule is O.O.[Li+].[O-][I+3]([O-])([O-])[O-]. The summed E-state index contributed by atoms with van der Waals surface area (Å²) in [6.45, 7) is 0.